The lowest BCUT2D eigenvalue weighted by molar-refractivity contribution is 0.384. The van der Waals surface area contributed by atoms with Crippen LogP contribution >= 0.6 is 0 Å². The normalized spacial score (nSPS) is 17.3. The molecule has 102 valence electrons. The van der Waals surface area contributed by atoms with E-state index in [0.29, 0.717) is 0 Å². The summed E-state index contributed by atoms with van der Waals surface area (Å²) in [4.78, 5) is 6.91. The summed E-state index contributed by atoms with van der Waals surface area (Å²) in [6, 6.07) is 4.12. The molecule has 0 spiro atoms. The van der Waals surface area contributed by atoms with E-state index in [9.17, 15) is 0 Å². The van der Waals surface area contributed by atoms with Gasteiger partial charge in [0, 0.05) is 19.3 Å². The third-order valence-corrected chi connectivity index (χ3v) is 3.95. The van der Waals surface area contributed by atoms with E-state index in [4.69, 9.17) is 5.73 Å². The molecule has 1 aliphatic heterocycles. The van der Waals surface area contributed by atoms with Crippen LogP contribution in [0.5, 0.6) is 0 Å². The minimum atomic E-state index is 0.778. The molecule has 5 nitrogen and oxygen atoms in total. The highest BCUT2D eigenvalue weighted by atomic mass is 15.4. The lowest BCUT2D eigenvalue weighted by Crippen LogP contribution is -2.35. The van der Waals surface area contributed by atoms with Gasteiger partial charge in [0.05, 0.1) is 0 Å². The van der Waals surface area contributed by atoms with Crippen LogP contribution in [0.15, 0.2) is 18.3 Å². The molecule has 0 atom stereocenters. The number of fused-ring (bicyclic) bond motifs is 1. The Hall–Kier alpha value is -1.62. The minimum absolute atomic E-state index is 0.778. The summed E-state index contributed by atoms with van der Waals surface area (Å²) in [6.07, 6.45) is 5.52. The van der Waals surface area contributed by atoms with E-state index in [1.54, 1.807) is 0 Å². The molecule has 3 rings (SSSR count). The molecule has 0 aromatic carbocycles. The number of nitrogens with zero attached hydrogens (tertiary/aromatic N) is 4. The average Bonchev–Trinajstić information content (AvgIpc) is 2.83. The van der Waals surface area contributed by atoms with Crippen LogP contribution in [0, 0.1) is 12.8 Å². The maximum atomic E-state index is 5.63. The first kappa shape index (κ1) is 12.4. The van der Waals surface area contributed by atoms with Crippen LogP contribution in [-0.2, 0) is 0 Å². The molecular formula is C14H21N5. The average molecular weight is 259 g/mol. The number of pyridine rings is 1. The van der Waals surface area contributed by atoms with Crippen LogP contribution < -0.4 is 10.6 Å². The summed E-state index contributed by atoms with van der Waals surface area (Å²) in [6.45, 7) is 4.96. The first-order valence-corrected chi connectivity index (χ1v) is 7.04. The lowest BCUT2D eigenvalue weighted by Gasteiger charge is -2.30. The van der Waals surface area contributed by atoms with Gasteiger partial charge in [0.25, 0.3) is 0 Å². The second-order valence-corrected chi connectivity index (χ2v) is 5.43. The molecule has 0 aliphatic carbocycles. The zero-order chi connectivity index (χ0) is 13.2. The Morgan fingerprint density at radius 3 is 2.89 bits per heavy atom. The summed E-state index contributed by atoms with van der Waals surface area (Å²) < 4.78 is 1.86. The number of aryl methyl sites for hydroxylation is 1. The fourth-order valence-corrected chi connectivity index (χ4v) is 2.76. The number of rotatable bonds is 3. The molecule has 2 aromatic heterocycles. The summed E-state index contributed by atoms with van der Waals surface area (Å²) in [5, 5.41) is 4.56. The fourth-order valence-electron chi connectivity index (χ4n) is 2.76. The fraction of sp³-hybridized carbons (Fsp3) is 0.571. The van der Waals surface area contributed by atoms with E-state index in [1.165, 1.54) is 18.4 Å². The number of hydrogen-bond donors (Lipinski definition) is 1. The summed E-state index contributed by atoms with van der Waals surface area (Å²) in [5.74, 6) is 1.64. The molecule has 1 aliphatic rings. The first-order chi connectivity index (χ1) is 9.26. The maximum Gasteiger partial charge on any atom is 0.245 e. The van der Waals surface area contributed by atoms with E-state index in [0.717, 1.165) is 43.6 Å². The molecule has 0 amide bonds. The largest absolute Gasteiger partial charge is 0.339 e. The van der Waals surface area contributed by atoms with Crippen molar-refractivity contribution in [3.63, 3.8) is 0 Å². The second kappa shape index (κ2) is 5.17. The third kappa shape index (κ3) is 2.56. The van der Waals surface area contributed by atoms with E-state index in [-0.39, 0.29) is 0 Å². The SMILES string of the molecule is Cc1ccn2nc(N3CCC(CCN)CC3)nc2c1. The summed E-state index contributed by atoms with van der Waals surface area (Å²) in [7, 11) is 0. The number of anilines is 1. The van der Waals surface area contributed by atoms with Gasteiger partial charge >= 0.3 is 0 Å². The van der Waals surface area contributed by atoms with Crippen LogP contribution in [-0.4, -0.2) is 34.2 Å². The van der Waals surface area contributed by atoms with Crippen LogP contribution in [0.3, 0.4) is 0 Å². The van der Waals surface area contributed by atoms with Crippen molar-refractivity contribution in [3.8, 4) is 0 Å². The van der Waals surface area contributed by atoms with Gasteiger partial charge in [-0.25, -0.2) is 4.52 Å². The Morgan fingerprint density at radius 2 is 2.16 bits per heavy atom. The third-order valence-electron chi connectivity index (χ3n) is 3.95. The highest BCUT2D eigenvalue weighted by molar-refractivity contribution is 5.46. The molecule has 0 unspecified atom stereocenters. The van der Waals surface area contributed by atoms with Crippen molar-refractivity contribution in [1.29, 1.82) is 0 Å². The molecular weight excluding hydrogens is 238 g/mol. The Kier molecular flexibility index (Phi) is 3.38. The van der Waals surface area contributed by atoms with Crippen LogP contribution in [0.25, 0.3) is 5.65 Å². The standard InChI is InChI=1S/C14H21N5/c1-11-3-9-19-13(10-11)16-14(17-19)18-7-4-12(2-6-15)5-8-18/h3,9-10,12H,2,4-8,15H2,1H3. The highest BCUT2D eigenvalue weighted by Gasteiger charge is 2.21. The van der Waals surface area contributed by atoms with Gasteiger partial charge < -0.3 is 10.6 Å². The Labute approximate surface area is 113 Å². The van der Waals surface area contributed by atoms with Crippen molar-refractivity contribution >= 4 is 11.6 Å². The van der Waals surface area contributed by atoms with Gasteiger partial charge in [-0.1, -0.05) is 0 Å². The van der Waals surface area contributed by atoms with Gasteiger partial charge in [0.2, 0.25) is 5.95 Å². The number of aromatic nitrogens is 3. The maximum absolute atomic E-state index is 5.63. The van der Waals surface area contributed by atoms with E-state index in [1.807, 2.05) is 10.7 Å². The van der Waals surface area contributed by atoms with Gasteiger partial charge in [0.1, 0.15) is 0 Å². The van der Waals surface area contributed by atoms with Crippen molar-refractivity contribution in [1.82, 2.24) is 14.6 Å². The van der Waals surface area contributed by atoms with Crippen LogP contribution in [0.2, 0.25) is 0 Å². The zero-order valence-electron chi connectivity index (χ0n) is 11.4. The van der Waals surface area contributed by atoms with Crippen molar-refractivity contribution < 1.29 is 0 Å². The second-order valence-electron chi connectivity index (χ2n) is 5.43. The Bertz CT molecular complexity index is 554. The van der Waals surface area contributed by atoms with Crippen LogP contribution in [0.1, 0.15) is 24.8 Å². The monoisotopic (exact) mass is 259 g/mol. The van der Waals surface area contributed by atoms with E-state index < -0.39 is 0 Å². The molecule has 0 bridgehead atoms. The topological polar surface area (TPSA) is 59.5 Å². The smallest absolute Gasteiger partial charge is 0.245 e. The zero-order valence-corrected chi connectivity index (χ0v) is 11.4. The van der Waals surface area contributed by atoms with E-state index in [2.05, 4.69) is 34.0 Å². The van der Waals surface area contributed by atoms with Crippen molar-refractivity contribution in [2.24, 2.45) is 11.7 Å². The molecule has 0 radical (unpaired) electrons. The molecule has 3 heterocycles. The Balaban J connectivity index is 1.74. The predicted molar refractivity (Wildman–Crippen MR) is 76.3 cm³/mol. The predicted octanol–water partition coefficient (Wildman–Crippen LogP) is 1.60. The van der Waals surface area contributed by atoms with Crippen molar-refractivity contribution in [2.75, 3.05) is 24.5 Å². The highest BCUT2D eigenvalue weighted by Crippen LogP contribution is 2.23. The van der Waals surface area contributed by atoms with Gasteiger partial charge in [-0.2, -0.15) is 4.98 Å². The first-order valence-electron chi connectivity index (χ1n) is 7.04. The summed E-state index contributed by atoms with van der Waals surface area (Å²) >= 11 is 0. The van der Waals surface area contributed by atoms with Gasteiger partial charge in [-0.05, 0) is 56.3 Å². The van der Waals surface area contributed by atoms with Gasteiger partial charge in [0.15, 0.2) is 5.65 Å². The van der Waals surface area contributed by atoms with Crippen LogP contribution in [0.4, 0.5) is 5.95 Å². The van der Waals surface area contributed by atoms with Crippen molar-refractivity contribution in [2.45, 2.75) is 26.2 Å². The molecule has 1 fully saturated rings. The van der Waals surface area contributed by atoms with Gasteiger partial charge in [-0.3, -0.25) is 0 Å². The molecule has 5 heteroatoms. The quantitative estimate of drug-likeness (QED) is 0.909. The Morgan fingerprint density at radius 1 is 1.37 bits per heavy atom. The molecule has 19 heavy (non-hydrogen) atoms. The lowest BCUT2D eigenvalue weighted by atomic mass is 9.94. The minimum Gasteiger partial charge on any atom is -0.339 e. The van der Waals surface area contributed by atoms with E-state index >= 15 is 0 Å². The van der Waals surface area contributed by atoms with Crippen molar-refractivity contribution in [3.05, 3.63) is 23.9 Å². The summed E-state index contributed by atoms with van der Waals surface area (Å²) in [5.41, 5.74) is 7.77. The number of hydrogen-bond acceptors (Lipinski definition) is 4. The van der Waals surface area contributed by atoms with Gasteiger partial charge in [-0.15, -0.1) is 5.10 Å². The number of nitrogens with two attached hydrogens (primary N) is 1. The molecule has 0 saturated carbocycles. The molecule has 1 saturated heterocycles. The number of piperidine rings is 1. The molecule has 2 aromatic rings. The molecule has 2 N–H and O–H groups in total.